The van der Waals surface area contributed by atoms with Crippen molar-refractivity contribution < 1.29 is 39.9 Å². The number of hydrogen-bond donors (Lipinski definition) is 1. The van der Waals surface area contributed by atoms with Crippen molar-refractivity contribution >= 4 is 17.6 Å². The van der Waals surface area contributed by atoms with Gasteiger partial charge < -0.3 is 13.8 Å². The van der Waals surface area contributed by atoms with Crippen LogP contribution in [0.1, 0.15) is 19.5 Å². The van der Waals surface area contributed by atoms with E-state index in [9.17, 15) is 26.2 Å². The highest BCUT2D eigenvalue weighted by molar-refractivity contribution is 7.89. The summed E-state index contributed by atoms with van der Waals surface area (Å²) in [6.07, 6.45) is -1.29. The minimum Gasteiger partial charge on any atom is -0.490 e. The third kappa shape index (κ3) is 7.78. The van der Waals surface area contributed by atoms with Crippen LogP contribution in [0.2, 0.25) is 0 Å². The monoisotopic (exact) mass is 573 g/mol. The van der Waals surface area contributed by atoms with Gasteiger partial charge in [-0.1, -0.05) is 12.2 Å². The summed E-state index contributed by atoms with van der Waals surface area (Å²) >= 11 is 0. The molecule has 3 rings (SSSR count). The van der Waals surface area contributed by atoms with Crippen molar-refractivity contribution in [3.8, 4) is 22.7 Å². The maximum atomic E-state index is 13.4. The molecule has 0 bridgehead atoms. The molecular weight excluding hydrogens is 546 g/mol. The van der Waals surface area contributed by atoms with Gasteiger partial charge in [-0.25, -0.2) is 18.2 Å². The van der Waals surface area contributed by atoms with Gasteiger partial charge in [0, 0.05) is 5.56 Å². The summed E-state index contributed by atoms with van der Waals surface area (Å²) in [4.78, 5) is -0.180. The molecule has 14 heteroatoms. The van der Waals surface area contributed by atoms with Crippen molar-refractivity contribution in [1.29, 1.82) is 0 Å². The summed E-state index contributed by atoms with van der Waals surface area (Å²) < 4.78 is 92.8. The maximum Gasteiger partial charge on any atom is 0.435 e. The SMILES string of the molecule is CCOP(=O)(C/C=C/COc1ccc(-c2cc(C(F)(F)F)nn2-c2ccc(S(N)(=O)=O)cc2)cc1)OCC. The second-order valence-corrected chi connectivity index (χ2v) is 11.5. The van der Waals surface area contributed by atoms with E-state index in [2.05, 4.69) is 5.10 Å². The molecule has 2 aromatic carbocycles. The lowest BCUT2D eigenvalue weighted by molar-refractivity contribution is -0.141. The summed E-state index contributed by atoms with van der Waals surface area (Å²) in [5, 5.41) is 8.78. The van der Waals surface area contributed by atoms with Gasteiger partial charge in [0.25, 0.3) is 0 Å². The Bertz CT molecular complexity index is 1400. The van der Waals surface area contributed by atoms with Crippen LogP contribution in [-0.4, -0.2) is 44.2 Å². The summed E-state index contributed by atoms with van der Waals surface area (Å²) in [6.45, 7) is 4.13. The maximum absolute atomic E-state index is 13.4. The lowest BCUT2D eigenvalue weighted by atomic mass is 10.1. The number of halogens is 3. The molecule has 3 aromatic rings. The number of allylic oxidation sites excluding steroid dienone is 1. The molecule has 0 amide bonds. The molecule has 1 aromatic heterocycles. The highest BCUT2D eigenvalue weighted by Gasteiger charge is 2.35. The van der Waals surface area contributed by atoms with Gasteiger partial charge in [-0.3, -0.25) is 4.57 Å². The van der Waals surface area contributed by atoms with Crippen LogP contribution in [0.4, 0.5) is 13.2 Å². The first-order valence-corrected chi connectivity index (χ1v) is 14.7. The number of ether oxygens (including phenoxy) is 1. The molecule has 1 heterocycles. The number of sulfonamides is 1. The van der Waals surface area contributed by atoms with Gasteiger partial charge in [-0.15, -0.1) is 0 Å². The van der Waals surface area contributed by atoms with E-state index in [0.29, 0.717) is 11.3 Å². The molecule has 0 fully saturated rings. The Kier molecular flexibility index (Phi) is 9.55. The first-order chi connectivity index (χ1) is 17.9. The molecule has 0 saturated heterocycles. The zero-order chi connectivity index (χ0) is 28.0. The molecule has 0 radical (unpaired) electrons. The molecule has 0 spiro atoms. The van der Waals surface area contributed by atoms with E-state index in [4.69, 9.17) is 18.9 Å². The van der Waals surface area contributed by atoms with E-state index in [1.54, 1.807) is 50.3 Å². The largest absolute Gasteiger partial charge is 0.490 e. The van der Waals surface area contributed by atoms with Crippen LogP contribution >= 0.6 is 7.60 Å². The summed E-state index contributed by atoms with van der Waals surface area (Å²) in [5.74, 6) is 0.454. The number of benzene rings is 2. The Labute approximate surface area is 218 Å². The van der Waals surface area contributed by atoms with Crippen molar-refractivity contribution in [3.63, 3.8) is 0 Å². The number of aromatic nitrogens is 2. The molecule has 0 unspecified atom stereocenters. The number of nitrogens with zero attached hydrogens (tertiary/aromatic N) is 2. The number of hydrogen-bond acceptors (Lipinski definition) is 7. The Balaban J connectivity index is 1.77. The normalized spacial score (nSPS) is 12.8. The Morgan fingerprint density at radius 3 is 2.13 bits per heavy atom. The first-order valence-electron chi connectivity index (χ1n) is 11.4. The molecule has 0 aliphatic rings. The Morgan fingerprint density at radius 2 is 1.61 bits per heavy atom. The molecule has 206 valence electrons. The van der Waals surface area contributed by atoms with Crippen LogP contribution in [0.15, 0.2) is 71.6 Å². The average molecular weight is 574 g/mol. The summed E-state index contributed by atoms with van der Waals surface area (Å²) in [7, 11) is -7.16. The number of nitrogens with two attached hydrogens (primary N) is 1. The molecule has 38 heavy (non-hydrogen) atoms. The predicted octanol–water partition coefficient (Wildman–Crippen LogP) is 5.41. The van der Waals surface area contributed by atoms with E-state index in [1.807, 2.05) is 0 Å². The van der Waals surface area contributed by atoms with Crippen LogP contribution < -0.4 is 9.88 Å². The molecule has 0 aliphatic carbocycles. The fourth-order valence-electron chi connectivity index (χ4n) is 3.37. The summed E-state index contributed by atoms with van der Waals surface area (Å²) in [5.41, 5.74) is -0.342. The van der Waals surface area contributed by atoms with Gasteiger partial charge >= 0.3 is 13.8 Å². The van der Waals surface area contributed by atoms with Crippen molar-refractivity contribution in [3.05, 3.63) is 72.4 Å². The van der Waals surface area contributed by atoms with E-state index in [1.165, 1.54) is 24.3 Å². The first kappa shape index (κ1) is 29.6. The fourth-order valence-corrected chi connectivity index (χ4v) is 5.37. The van der Waals surface area contributed by atoms with Gasteiger partial charge in [-0.05, 0) is 68.4 Å². The van der Waals surface area contributed by atoms with Crippen molar-refractivity contribution in [2.45, 2.75) is 24.9 Å². The van der Waals surface area contributed by atoms with E-state index >= 15 is 0 Å². The predicted molar refractivity (Wildman–Crippen MR) is 136 cm³/mol. The lowest BCUT2D eigenvalue weighted by Crippen LogP contribution is -2.12. The quantitative estimate of drug-likeness (QED) is 0.227. The molecule has 0 aliphatic heterocycles. The number of alkyl halides is 3. The number of rotatable bonds is 12. The molecular formula is C24H27F3N3O6PS. The summed E-state index contributed by atoms with van der Waals surface area (Å²) in [6, 6.07) is 12.2. The van der Waals surface area contributed by atoms with Gasteiger partial charge in [0.15, 0.2) is 5.69 Å². The highest BCUT2D eigenvalue weighted by Crippen LogP contribution is 2.47. The van der Waals surface area contributed by atoms with Crippen molar-refractivity contribution in [2.24, 2.45) is 5.14 Å². The fraction of sp³-hybridized carbons (Fsp3) is 0.292. The molecule has 0 saturated carbocycles. The van der Waals surface area contributed by atoms with Crippen LogP contribution in [0, 0.1) is 0 Å². The van der Waals surface area contributed by atoms with Crippen LogP contribution in [0.3, 0.4) is 0 Å². The number of primary sulfonamides is 1. The second kappa shape index (κ2) is 12.3. The smallest absolute Gasteiger partial charge is 0.435 e. The zero-order valence-electron chi connectivity index (χ0n) is 20.6. The minimum atomic E-state index is -4.69. The van der Waals surface area contributed by atoms with Crippen LogP contribution in [0.25, 0.3) is 16.9 Å². The average Bonchev–Trinajstić information content (AvgIpc) is 3.30. The second-order valence-electron chi connectivity index (χ2n) is 7.80. The zero-order valence-corrected chi connectivity index (χ0v) is 22.3. The van der Waals surface area contributed by atoms with Gasteiger partial charge in [0.1, 0.15) is 12.4 Å². The van der Waals surface area contributed by atoms with Crippen LogP contribution in [-0.2, 0) is 29.8 Å². The van der Waals surface area contributed by atoms with Gasteiger partial charge in [0.05, 0.1) is 35.7 Å². The van der Waals surface area contributed by atoms with Gasteiger partial charge in [0.2, 0.25) is 10.0 Å². The Morgan fingerprint density at radius 1 is 1.00 bits per heavy atom. The topological polar surface area (TPSA) is 123 Å². The third-order valence-corrected chi connectivity index (χ3v) is 7.94. The van der Waals surface area contributed by atoms with Gasteiger partial charge in [-0.2, -0.15) is 18.3 Å². The minimum absolute atomic E-state index is 0.0979. The Hall–Kier alpha value is -2.96. The highest BCUT2D eigenvalue weighted by atomic mass is 32.2. The third-order valence-electron chi connectivity index (χ3n) is 5.05. The van der Waals surface area contributed by atoms with E-state index in [0.717, 1.165) is 10.7 Å². The van der Waals surface area contributed by atoms with Crippen molar-refractivity contribution in [1.82, 2.24) is 9.78 Å². The molecule has 9 nitrogen and oxygen atoms in total. The standard InChI is InChI=1S/C24H27F3N3O6PS/c1-3-35-37(31,36-4-2)16-6-5-15-34-20-11-7-18(8-12-20)22-17-23(24(25,26)27)29-30(22)19-9-13-21(14-10-19)38(28,32)33/h5-14,17H,3-4,15-16H2,1-2H3,(H2,28,32,33)/b6-5+. The molecule has 2 N–H and O–H groups in total. The van der Waals surface area contributed by atoms with E-state index in [-0.39, 0.29) is 42.3 Å². The van der Waals surface area contributed by atoms with Crippen molar-refractivity contribution in [2.75, 3.05) is 26.0 Å². The van der Waals surface area contributed by atoms with E-state index < -0.39 is 29.5 Å². The van der Waals surface area contributed by atoms with Crippen LogP contribution in [0.5, 0.6) is 5.75 Å². The lowest BCUT2D eigenvalue weighted by Gasteiger charge is -2.14. The molecule has 0 atom stereocenters.